The smallest absolute Gasteiger partial charge is 0.243 e. The van der Waals surface area contributed by atoms with Crippen molar-refractivity contribution >= 4 is 17.7 Å². The molecule has 0 aromatic heterocycles. The van der Waals surface area contributed by atoms with E-state index in [1.165, 1.54) is 38.5 Å². The van der Waals surface area contributed by atoms with E-state index in [0.29, 0.717) is 12.8 Å². The summed E-state index contributed by atoms with van der Waals surface area (Å²) in [6.45, 7) is 8.04. The van der Waals surface area contributed by atoms with E-state index in [1.807, 2.05) is 0 Å². The van der Waals surface area contributed by atoms with Crippen LogP contribution in [-0.2, 0) is 14.4 Å². The molecule has 0 aliphatic heterocycles. The van der Waals surface area contributed by atoms with E-state index in [4.69, 9.17) is 5.73 Å². The Balaban J connectivity index is 4.47. The summed E-state index contributed by atoms with van der Waals surface area (Å²) in [5, 5.41) is 2.59. The molecule has 182 valence electrons. The second-order valence-corrected chi connectivity index (χ2v) is 8.75. The van der Waals surface area contributed by atoms with Crippen molar-refractivity contribution < 1.29 is 14.4 Å². The Morgan fingerprint density at radius 3 is 1.68 bits per heavy atom. The van der Waals surface area contributed by atoms with Crippen molar-refractivity contribution in [2.75, 3.05) is 13.1 Å². The number of carbonyl (C=O) groups is 3. The van der Waals surface area contributed by atoms with Crippen LogP contribution < -0.4 is 11.1 Å². The minimum Gasteiger partial charge on any atom is -0.370 e. The van der Waals surface area contributed by atoms with E-state index in [0.717, 1.165) is 58.0 Å². The van der Waals surface area contributed by atoms with Gasteiger partial charge in [-0.15, -0.1) is 0 Å². The Labute approximate surface area is 191 Å². The molecular weight excluding hydrogens is 390 g/mol. The van der Waals surface area contributed by atoms with Gasteiger partial charge >= 0.3 is 0 Å². The number of nitrogens with zero attached hydrogens (tertiary/aromatic N) is 1. The molecule has 0 bridgehead atoms. The predicted molar refractivity (Wildman–Crippen MR) is 129 cm³/mol. The molecular formula is C25H49N3O3. The fourth-order valence-corrected chi connectivity index (χ4v) is 3.78. The maximum atomic E-state index is 12.9. The van der Waals surface area contributed by atoms with Gasteiger partial charge in [0.05, 0.1) is 6.04 Å². The molecule has 6 nitrogen and oxygen atoms in total. The molecule has 0 aliphatic carbocycles. The van der Waals surface area contributed by atoms with Gasteiger partial charge in [-0.25, -0.2) is 0 Å². The summed E-state index contributed by atoms with van der Waals surface area (Å²) in [5.41, 5.74) is 5.33. The third-order valence-corrected chi connectivity index (χ3v) is 5.78. The predicted octanol–water partition coefficient (Wildman–Crippen LogP) is 5.09. The lowest BCUT2D eigenvalue weighted by atomic mass is 10.1. The fraction of sp³-hybridized carbons (Fsp3) is 0.880. The SMILES string of the molecule is CCCCCCCCCCCC(=O)NC(=O)[C@H](CCC(N)=O)N(CCCC)CCCC. The number of rotatable bonds is 21. The summed E-state index contributed by atoms with van der Waals surface area (Å²) in [4.78, 5) is 38.6. The molecule has 0 aliphatic rings. The van der Waals surface area contributed by atoms with Crippen LogP contribution in [0.2, 0.25) is 0 Å². The van der Waals surface area contributed by atoms with Gasteiger partial charge in [-0.05, 0) is 38.8 Å². The molecule has 31 heavy (non-hydrogen) atoms. The van der Waals surface area contributed by atoms with Gasteiger partial charge < -0.3 is 5.73 Å². The van der Waals surface area contributed by atoms with Crippen LogP contribution in [-0.4, -0.2) is 41.8 Å². The molecule has 0 aromatic carbocycles. The van der Waals surface area contributed by atoms with Gasteiger partial charge in [-0.1, -0.05) is 85.0 Å². The Bertz CT molecular complexity index is 475. The van der Waals surface area contributed by atoms with Crippen LogP contribution in [0.4, 0.5) is 0 Å². The molecule has 1 atom stereocenters. The highest BCUT2D eigenvalue weighted by atomic mass is 16.2. The number of amides is 3. The van der Waals surface area contributed by atoms with Crippen LogP contribution in [0.5, 0.6) is 0 Å². The number of carbonyl (C=O) groups excluding carboxylic acids is 3. The second-order valence-electron chi connectivity index (χ2n) is 8.75. The number of primary amides is 1. The maximum absolute atomic E-state index is 12.9. The average molecular weight is 440 g/mol. The molecule has 0 spiro atoms. The van der Waals surface area contributed by atoms with Crippen molar-refractivity contribution in [1.82, 2.24) is 10.2 Å². The van der Waals surface area contributed by atoms with Gasteiger partial charge in [0.25, 0.3) is 0 Å². The zero-order chi connectivity index (χ0) is 23.3. The number of nitrogens with one attached hydrogen (secondary N) is 1. The first-order chi connectivity index (χ1) is 15.0. The number of nitrogens with two attached hydrogens (primary N) is 1. The molecule has 3 amide bonds. The topological polar surface area (TPSA) is 92.5 Å². The van der Waals surface area contributed by atoms with Crippen molar-refractivity contribution in [3.8, 4) is 0 Å². The van der Waals surface area contributed by atoms with E-state index < -0.39 is 11.9 Å². The van der Waals surface area contributed by atoms with Crippen LogP contribution >= 0.6 is 0 Å². The number of unbranched alkanes of at least 4 members (excludes halogenated alkanes) is 10. The van der Waals surface area contributed by atoms with Gasteiger partial charge in [-0.3, -0.25) is 24.6 Å². The Hall–Kier alpha value is -1.43. The average Bonchev–Trinajstić information content (AvgIpc) is 2.73. The summed E-state index contributed by atoms with van der Waals surface area (Å²) in [7, 11) is 0. The van der Waals surface area contributed by atoms with Crippen molar-refractivity contribution in [2.24, 2.45) is 5.73 Å². The van der Waals surface area contributed by atoms with Gasteiger partial charge in [0, 0.05) is 12.8 Å². The molecule has 0 fully saturated rings. The van der Waals surface area contributed by atoms with E-state index in [2.05, 4.69) is 31.0 Å². The zero-order valence-corrected chi connectivity index (χ0v) is 20.6. The lowest BCUT2D eigenvalue weighted by Gasteiger charge is -2.30. The van der Waals surface area contributed by atoms with Crippen molar-refractivity contribution in [1.29, 1.82) is 0 Å². The molecule has 0 saturated heterocycles. The molecule has 0 rings (SSSR count). The first-order valence-electron chi connectivity index (χ1n) is 12.8. The van der Waals surface area contributed by atoms with Gasteiger partial charge in [0.15, 0.2) is 0 Å². The lowest BCUT2D eigenvalue weighted by molar-refractivity contribution is -0.134. The summed E-state index contributed by atoms with van der Waals surface area (Å²) in [6.07, 6.45) is 15.6. The van der Waals surface area contributed by atoms with E-state index >= 15 is 0 Å². The third kappa shape index (κ3) is 16.9. The van der Waals surface area contributed by atoms with Gasteiger partial charge in [0.2, 0.25) is 17.7 Å². The number of hydrogen-bond donors (Lipinski definition) is 2. The third-order valence-electron chi connectivity index (χ3n) is 5.78. The summed E-state index contributed by atoms with van der Waals surface area (Å²) in [6, 6.07) is -0.474. The summed E-state index contributed by atoms with van der Waals surface area (Å²) < 4.78 is 0. The van der Waals surface area contributed by atoms with Crippen LogP contribution in [0.1, 0.15) is 124 Å². The summed E-state index contributed by atoms with van der Waals surface area (Å²) >= 11 is 0. The molecule has 0 heterocycles. The standard InChI is InChI=1S/C25H49N3O3/c1-4-7-10-11-12-13-14-15-16-17-24(30)27-25(31)22(18-19-23(26)29)28(20-8-5-2)21-9-6-3/h22H,4-21H2,1-3H3,(H2,26,29)(H,27,30,31)/t22-/m0/s1. The Kier molecular flexibility index (Phi) is 19.5. The van der Waals surface area contributed by atoms with Gasteiger partial charge in [-0.2, -0.15) is 0 Å². The highest BCUT2D eigenvalue weighted by Crippen LogP contribution is 2.13. The number of imide groups is 1. The highest BCUT2D eigenvalue weighted by Gasteiger charge is 2.26. The Morgan fingerprint density at radius 1 is 0.710 bits per heavy atom. The van der Waals surface area contributed by atoms with E-state index in [9.17, 15) is 14.4 Å². The van der Waals surface area contributed by atoms with Crippen LogP contribution in [0.3, 0.4) is 0 Å². The monoisotopic (exact) mass is 439 g/mol. The lowest BCUT2D eigenvalue weighted by Crippen LogP contribution is -2.49. The number of hydrogen-bond acceptors (Lipinski definition) is 4. The van der Waals surface area contributed by atoms with E-state index in [1.54, 1.807) is 0 Å². The minimum atomic E-state index is -0.474. The van der Waals surface area contributed by atoms with Crippen LogP contribution in [0.25, 0.3) is 0 Å². The highest BCUT2D eigenvalue weighted by molar-refractivity contribution is 5.97. The quantitative estimate of drug-likeness (QED) is 0.244. The fourth-order valence-electron chi connectivity index (χ4n) is 3.78. The summed E-state index contributed by atoms with van der Waals surface area (Å²) in [5.74, 6) is -0.901. The van der Waals surface area contributed by atoms with Crippen LogP contribution in [0.15, 0.2) is 0 Å². The zero-order valence-electron chi connectivity index (χ0n) is 20.6. The maximum Gasteiger partial charge on any atom is 0.243 e. The Morgan fingerprint density at radius 2 is 1.19 bits per heavy atom. The van der Waals surface area contributed by atoms with E-state index in [-0.39, 0.29) is 18.2 Å². The molecule has 6 heteroatoms. The molecule has 0 aromatic rings. The molecule has 0 saturated carbocycles. The minimum absolute atomic E-state index is 0.152. The van der Waals surface area contributed by atoms with Crippen molar-refractivity contribution in [2.45, 2.75) is 130 Å². The largest absolute Gasteiger partial charge is 0.370 e. The first kappa shape index (κ1) is 29.6. The van der Waals surface area contributed by atoms with Crippen molar-refractivity contribution in [3.63, 3.8) is 0 Å². The molecule has 3 N–H and O–H groups in total. The van der Waals surface area contributed by atoms with Crippen LogP contribution in [0, 0.1) is 0 Å². The molecule has 0 radical (unpaired) electrons. The first-order valence-corrected chi connectivity index (χ1v) is 12.8. The molecule has 0 unspecified atom stereocenters. The second kappa shape index (κ2) is 20.5. The normalized spacial score (nSPS) is 12.1. The van der Waals surface area contributed by atoms with Gasteiger partial charge in [0.1, 0.15) is 0 Å². The van der Waals surface area contributed by atoms with Crippen molar-refractivity contribution in [3.05, 3.63) is 0 Å².